The average Bonchev–Trinajstić information content (AvgIpc) is 2.77. The molecule has 0 fully saturated rings. The number of rotatable bonds is 4. The predicted molar refractivity (Wildman–Crippen MR) is 115 cm³/mol. The van der Waals surface area contributed by atoms with Crippen molar-refractivity contribution in [3.63, 3.8) is 0 Å². The predicted octanol–water partition coefficient (Wildman–Crippen LogP) is 4.78. The minimum absolute atomic E-state index is 0.0159. The van der Waals surface area contributed by atoms with Crippen molar-refractivity contribution in [1.82, 2.24) is 9.97 Å². The lowest BCUT2D eigenvalue weighted by atomic mass is 9.61. The molecule has 5 rings (SSSR count). The first-order valence-electron chi connectivity index (χ1n) is 10.1. The molecule has 0 spiro atoms. The minimum Gasteiger partial charge on any atom is -0.508 e. The van der Waals surface area contributed by atoms with E-state index in [0.29, 0.717) is 40.7 Å². The van der Waals surface area contributed by atoms with Crippen LogP contribution in [-0.4, -0.2) is 20.9 Å². The zero-order valence-electron chi connectivity index (χ0n) is 16.9. The van der Waals surface area contributed by atoms with Gasteiger partial charge >= 0.3 is 0 Å². The number of halogens is 2. The highest BCUT2D eigenvalue weighted by molar-refractivity contribution is 6.13. The topological polar surface area (TPSA) is 63.1 Å². The van der Waals surface area contributed by atoms with Gasteiger partial charge in [0.2, 0.25) is 11.9 Å². The van der Waals surface area contributed by atoms with Crippen LogP contribution >= 0.6 is 0 Å². The number of pyridine rings is 2. The van der Waals surface area contributed by atoms with Crippen molar-refractivity contribution in [3.05, 3.63) is 124 Å². The Morgan fingerprint density at radius 2 is 1.34 bits per heavy atom. The molecule has 158 valence electrons. The van der Waals surface area contributed by atoms with E-state index in [2.05, 4.69) is 9.97 Å². The number of carbonyl (C=O) groups is 1. The minimum atomic E-state index is -0.861. The standard InChI is InChI=1S/C26H18F2N2O2/c27-23-11-16(7-9-29-23)14-26(15-17-8-10-30-24(28)12-17)21-4-2-1-3-19(21)25(32)20-6-5-18(31)13-22(20)26/h1-13,31H,14-15H2. The molecule has 32 heavy (non-hydrogen) atoms. The van der Waals surface area contributed by atoms with Gasteiger partial charge in [-0.3, -0.25) is 4.79 Å². The number of phenols is 1. The van der Waals surface area contributed by atoms with Gasteiger partial charge in [0, 0.05) is 28.9 Å². The summed E-state index contributed by atoms with van der Waals surface area (Å²) in [7, 11) is 0. The Hall–Kier alpha value is -3.93. The van der Waals surface area contributed by atoms with Gasteiger partial charge in [-0.1, -0.05) is 24.3 Å². The van der Waals surface area contributed by atoms with Gasteiger partial charge in [-0.2, -0.15) is 8.78 Å². The first-order chi connectivity index (χ1) is 15.5. The molecule has 0 unspecified atom stereocenters. The number of aromatic hydroxyl groups is 1. The number of hydrogen-bond donors (Lipinski definition) is 1. The summed E-state index contributed by atoms with van der Waals surface area (Å²) in [4.78, 5) is 20.6. The monoisotopic (exact) mass is 428 g/mol. The van der Waals surface area contributed by atoms with E-state index >= 15 is 0 Å². The second kappa shape index (κ2) is 7.64. The van der Waals surface area contributed by atoms with Crippen molar-refractivity contribution >= 4 is 5.78 Å². The van der Waals surface area contributed by atoms with E-state index in [1.54, 1.807) is 36.4 Å². The first-order valence-corrected chi connectivity index (χ1v) is 10.1. The van der Waals surface area contributed by atoms with Crippen molar-refractivity contribution in [2.24, 2.45) is 0 Å². The van der Waals surface area contributed by atoms with Crippen molar-refractivity contribution < 1.29 is 18.7 Å². The van der Waals surface area contributed by atoms with Crippen LogP contribution in [0, 0.1) is 11.9 Å². The third kappa shape index (κ3) is 3.34. The summed E-state index contributed by atoms with van der Waals surface area (Å²) < 4.78 is 28.0. The maximum Gasteiger partial charge on any atom is 0.213 e. The quantitative estimate of drug-likeness (QED) is 0.476. The zero-order valence-corrected chi connectivity index (χ0v) is 16.9. The Morgan fingerprint density at radius 1 is 0.750 bits per heavy atom. The Morgan fingerprint density at radius 3 is 1.97 bits per heavy atom. The Balaban J connectivity index is 1.81. The van der Waals surface area contributed by atoms with Gasteiger partial charge in [-0.25, -0.2) is 9.97 Å². The molecule has 0 atom stereocenters. The number of nitrogens with zero attached hydrogens (tertiary/aromatic N) is 2. The van der Waals surface area contributed by atoms with Gasteiger partial charge in [0.1, 0.15) is 5.75 Å². The number of ketones is 1. The Labute approximate surface area is 183 Å². The molecule has 0 saturated heterocycles. The van der Waals surface area contributed by atoms with Crippen molar-refractivity contribution in [2.45, 2.75) is 18.3 Å². The molecular weight excluding hydrogens is 410 g/mol. The largest absolute Gasteiger partial charge is 0.508 e. The Bertz CT molecular complexity index is 1310. The molecule has 1 aliphatic carbocycles. The van der Waals surface area contributed by atoms with Gasteiger partial charge in [-0.05, 0) is 77.6 Å². The molecule has 4 nitrogen and oxygen atoms in total. The number of phenolic OH excluding ortho intramolecular Hbond substituents is 1. The molecule has 0 saturated carbocycles. The first kappa shape index (κ1) is 20.0. The fourth-order valence-electron chi connectivity index (χ4n) is 4.76. The van der Waals surface area contributed by atoms with E-state index in [9.17, 15) is 18.7 Å². The summed E-state index contributed by atoms with van der Waals surface area (Å²) in [6, 6.07) is 18.1. The SMILES string of the molecule is O=C1c2ccccc2C(Cc2ccnc(F)c2)(Cc2ccnc(F)c2)c2cc(O)ccc21. The van der Waals surface area contributed by atoms with Crippen LogP contribution in [-0.2, 0) is 18.3 Å². The second-order valence-electron chi connectivity index (χ2n) is 8.01. The summed E-state index contributed by atoms with van der Waals surface area (Å²) >= 11 is 0. The summed E-state index contributed by atoms with van der Waals surface area (Å²) in [6.45, 7) is 0. The fourth-order valence-corrected chi connectivity index (χ4v) is 4.76. The molecule has 1 aliphatic rings. The highest BCUT2D eigenvalue weighted by Gasteiger charge is 2.44. The molecule has 0 bridgehead atoms. The van der Waals surface area contributed by atoms with Crippen molar-refractivity contribution in [1.29, 1.82) is 0 Å². The normalized spacial score (nSPS) is 14.0. The summed E-state index contributed by atoms with van der Waals surface area (Å²) in [5, 5.41) is 10.3. The molecular formula is C26H18F2N2O2. The average molecular weight is 428 g/mol. The summed E-state index contributed by atoms with van der Waals surface area (Å²) in [6.07, 6.45) is 3.43. The maximum atomic E-state index is 14.0. The zero-order chi connectivity index (χ0) is 22.3. The lowest BCUT2D eigenvalue weighted by molar-refractivity contribution is 0.102. The van der Waals surface area contributed by atoms with Crippen LogP contribution in [0.15, 0.2) is 79.1 Å². The second-order valence-corrected chi connectivity index (χ2v) is 8.01. The molecule has 1 N–H and O–H groups in total. The van der Waals surface area contributed by atoms with Crippen LogP contribution in [0.25, 0.3) is 0 Å². The van der Waals surface area contributed by atoms with E-state index in [1.165, 1.54) is 30.6 Å². The smallest absolute Gasteiger partial charge is 0.213 e. The van der Waals surface area contributed by atoms with Crippen LogP contribution in [0.1, 0.15) is 38.2 Å². The molecule has 2 heterocycles. The van der Waals surface area contributed by atoms with Crippen LogP contribution in [0.2, 0.25) is 0 Å². The highest BCUT2D eigenvalue weighted by Crippen LogP contribution is 2.47. The van der Waals surface area contributed by atoms with Gasteiger partial charge in [0.05, 0.1) is 0 Å². The number of benzene rings is 2. The van der Waals surface area contributed by atoms with Gasteiger partial charge in [0.15, 0.2) is 5.78 Å². The molecule has 4 aromatic rings. The van der Waals surface area contributed by atoms with Gasteiger partial charge < -0.3 is 5.11 Å². The van der Waals surface area contributed by atoms with E-state index in [4.69, 9.17) is 0 Å². The summed E-state index contributed by atoms with van der Waals surface area (Å²) in [5.74, 6) is -1.34. The lowest BCUT2D eigenvalue weighted by Crippen LogP contribution is -2.40. The lowest BCUT2D eigenvalue weighted by Gasteiger charge is -2.41. The van der Waals surface area contributed by atoms with Gasteiger partial charge in [0.25, 0.3) is 0 Å². The van der Waals surface area contributed by atoms with Crippen LogP contribution in [0.5, 0.6) is 5.75 Å². The maximum absolute atomic E-state index is 14.0. The van der Waals surface area contributed by atoms with Crippen LogP contribution in [0.3, 0.4) is 0 Å². The number of aromatic nitrogens is 2. The molecule has 2 aromatic carbocycles. The molecule has 0 radical (unpaired) electrons. The molecule has 6 heteroatoms. The highest BCUT2D eigenvalue weighted by atomic mass is 19.1. The van der Waals surface area contributed by atoms with E-state index < -0.39 is 17.3 Å². The van der Waals surface area contributed by atoms with Gasteiger partial charge in [-0.15, -0.1) is 0 Å². The molecule has 0 amide bonds. The third-order valence-electron chi connectivity index (χ3n) is 6.04. The third-order valence-corrected chi connectivity index (χ3v) is 6.04. The fraction of sp³-hybridized carbons (Fsp3) is 0.115. The van der Waals surface area contributed by atoms with Crippen LogP contribution in [0.4, 0.5) is 8.78 Å². The van der Waals surface area contributed by atoms with Crippen molar-refractivity contribution in [3.8, 4) is 5.75 Å². The molecule has 0 aliphatic heterocycles. The van der Waals surface area contributed by atoms with E-state index in [0.717, 1.165) is 5.56 Å². The summed E-state index contributed by atoms with van der Waals surface area (Å²) in [5.41, 5.74) is 2.85. The number of fused-ring (bicyclic) bond motifs is 2. The van der Waals surface area contributed by atoms with E-state index in [-0.39, 0.29) is 11.5 Å². The number of carbonyl (C=O) groups excluding carboxylic acids is 1. The Kier molecular flexibility index (Phi) is 4.78. The van der Waals surface area contributed by atoms with E-state index in [1.807, 2.05) is 12.1 Å². The van der Waals surface area contributed by atoms with Crippen molar-refractivity contribution in [2.75, 3.05) is 0 Å². The molecule has 2 aromatic heterocycles. The van der Waals surface area contributed by atoms with Crippen LogP contribution < -0.4 is 0 Å². The number of hydrogen-bond acceptors (Lipinski definition) is 4.